The summed E-state index contributed by atoms with van der Waals surface area (Å²) < 4.78 is 5.35. The lowest BCUT2D eigenvalue weighted by Gasteiger charge is -2.26. The lowest BCUT2D eigenvalue weighted by atomic mass is 10.1. The van der Waals surface area contributed by atoms with Gasteiger partial charge in [-0.1, -0.05) is 41.4 Å². The molecule has 1 fully saturated rings. The predicted molar refractivity (Wildman–Crippen MR) is 97.0 cm³/mol. The molecule has 0 radical (unpaired) electrons. The highest BCUT2D eigenvalue weighted by Crippen LogP contribution is 2.26. The first-order chi connectivity index (χ1) is 11.6. The van der Waals surface area contributed by atoms with Crippen LogP contribution < -0.4 is 5.32 Å². The Labute approximate surface area is 151 Å². The van der Waals surface area contributed by atoms with E-state index in [9.17, 15) is 4.79 Å². The van der Waals surface area contributed by atoms with E-state index in [0.717, 1.165) is 38.5 Å². The molecule has 3 rings (SSSR count). The van der Waals surface area contributed by atoms with Gasteiger partial charge in [-0.05, 0) is 29.8 Å². The smallest absolute Gasteiger partial charge is 0.257 e. The van der Waals surface area contributed by atoms with Crippen LogP contribution in [0.5, 0.6) is 0 Å². The Morgan fingerprint density at radius 2 is 1.79 bits per heavy atom. The number of hydrogen-bond acceptors (Lipinski definition) is 3. The van der Waals surface area contributed by atoms with Crippen molar-refractivity contribution in [2.75, 3.05) is 31.6 Å². The largest absolute Gasteiger partial charge is 0.379 e. The Bertz CT molecular complexity index is 713. The van der Waals surface area contributed by atoms with Crippen LogP contribution in [0, 0.1) is 0 Å². The highest BCUT2D eigenvalue weighted by atomic mass is 35.5. The van der Waals surface area contributed by atoms with Crippen molar-refractivity contribution in [2.45, 2.75) is 6.54 Å². The maximum Gasteiger partial charge on any atom is 0.257 e. The maximum atomic E-state index is 12.3. The van der Waals surface area contributed by atoms with Gasteiger partial charge in [0.15, 0.2) is 0 Å². The van der Waals surface area contributed by atoms with Gasteiger partial charge < -0.3 is 10.1 Å². The molecule has 0 atom stereocenters. The lowest BCUT2D eigenvalue weighted by Crippen LogP contribution is -2.35. The van der Waals surface area contributed by atoms with Gasteiger partial charge in [0, 0.05) is 25.3 Å². The van der Waals surface area contributed by atoms with Crippen LogP contribution >= 0.6 is 23.2 Å². The summed E-state index contributed by atoms with van der Waals surface area (Å²) in [5.74, 6) is -0.275. The first kappa shape index (κ1) is 17.2. The minimum absolute atomic E-state index is 0.264. The summed E-state index contributed by atoms with van der Waals surface area (Å²) in [4.78, 5) is 14.7. The van der Waals surface area contributed by atoms with Gasteiger partial charge in [0.05, 0.1) is 28.8 Å². The molecule has 4 nitrogen and oxygen atoms in total. The van der Waals surface area contributed by atoms with Crippen LogP contribution in [0.1, 0.15) is 15.9 Å². The Balaban J connectivity index is 1.63. The van der Waals surface area contributed by atoms with E-state index in [-0.39, 0.29) is 10.9 Å². The van der Waals surface area contributed by atoms with Crippen molar-refractivity contribution in [3.05, 3.63) is 63.6 Å². The zero-order chi connectivity index (χ0) is 16.9. The molecule has 0 saturated carbocycles. The standard InChI is InChI=1S/C18H18Cl2N2O2/c19-16-3-1-2-15(17(16)20)18(23)21-14-6-4-13(5-7-14)12-22-8-10-24-11-9-22/h1-7H,8-12H2,(H,21,23). The molecule has 0 aromatic heterocycles. The Morgan fingerprint density at radius 3 is 2.50 bits per heavy atom. The molecule has 1 heterocycles. The summed E-state index contributed by atoms with van der Waals surface area (Å²) in [5, 5.41) is 3.47. The molecule has 1 N–H and O–H groups in total. The van der Waals surface area contributed by atoms with Crippen molar-refractivity contribution < 1.29 is 9.53 Å². The Morgan fingerprint density at radius 1 is 1.08 bits per heavy atom. The van der Waals surface area contributed by atoms with Crippen LogP contribution in [-0.4, -0.2) is 37.1 Å². The SMILES string of the molecule is O=C(Nc1ccc(CN2CCOCC2)cc1)c1cccc(Cl)c1Cl. The Hall–Kier alpha value is -1.59. The van der Waals surface area contributed by atoms with Crippen molar-refractivity contribution >= 4 is 34.8 Å². The topological polar surface area (TPSA) is 41.6 Å². The van der Waals surface area contributed by atoms with E-state index in [1.807, 2.05) is 24.3 Å². The van der Waals surface area contributed by atoms with Gasteiger partial charge in [-0.15, -0.1) is 0 Å². The van der Waals surface area contributed by atoms with Gasteiger partial charge in [-0.2, -0.15) is 0 Å². The normalized spacial score (nSPS) is 15.2. The van der Waals surface area contributed by atoms with Crippen molar-refractivity contribution in [1.82, 2.24) is 4.90 Å². The molecule has 1 amide bonds. The number of nitrogens with zero attached hydrogens (tertiary/aromatic N) is 1. The van der Waals surface area contributed by atoms with Gasteiger partial charge >= 0.3 is 0 Å². The first-order valence-electron chi connectivity index (χ1n) is 7.78. The molecule has 0 aliphatic carbocycles. The average Bonchev–Trinajstić information content (AvgIpc) is 2.60. The van der Waals surface area contributed by atoms with Crippen molar-refractivity contribution in [3.8, 4) is 0 Å². The van der Waals surface area contributed by atoms with Crippen LogP contribution in [0.3, 0.4) is 0 Å². The number of nitrogens with one attached hydrogen (secondary N) is 1. The molecule has 2 aromatic carbocycles. The maximum absolute atomic E-state index is 12.3. The van der Waals surface area contributed by atoms with E-state index in [1.54, 1.807) is 18.2 Å². The average molecular weight is 365 g/mol. The Kier molecular flexibility index (Phi) is 5.74. The fourth-order valence-corrected chi connectivity index (χ4v) is 2.97. The third kappa shape index (κ3) is 4.28. The third-order valence-electron chi connectivity index (χ3n) is 3.92. The van der Waals surface area contributed by atoms with Crippen LogP contribution in [-0.2, 0) is 11.3 Å². The number of halogens is 2. The number of ether oxygens (including phenoxy) is 1. The molecular formula is C18H18Cl2N2O2. The summed E-state index contributed by atoms with van der Waals surface area (Å²) in [5.41, 5.74) is 2.29. The van der Waals surface area contributed by atoms with Gasteiger partial charge in [0.2, 0.25) is 0 Å². The second-order valence-corrected chi connectivity index (χ2v) is 6.43. The quantitative estimate of drug-likeness (QED) is 0.888. The second kappa shape index (κ2) is 7.99. The van der Waals surface area contributed by atoms with Gasteiger partial charge in [-0.25, -0.2) is 0 Å². The zero-order valence-electron chi connectivity index (χ0n) is 13.1. The molecule has 2 aromatic rings. The molecule has 24 heavy (non-hydrogen) atoms. The summed E-state index contributed by atoms with van der Waals surface area (Å²) in [6.07, 6.45) is 0. The van der Waals surface area contributed by atoms with Crippen molar-refractivity contribution in [1.29, 1.82) is 0 Å². The summed E-state index contributed by atoms with van der Waals surface area (Å²) in [7, 11) is 0. The van der Waals surface area contributed by atoms with Crippen LogP contribution in [0.15, 0.2) is 42.5 Å². The number of carbonyl (C=O) groups is 1. The van der Waals surface area contributed by atoms with E-state index in [0.29, 0.717) is 10.6 Å². The third-order valence-corrected chi connectivity index (χ3v) is 4.74. The first-order valence-corrected chi connectivity index (χ1v) is 8.53. The molecule has 6 heteroatoms. The fourth-order valence-electron chi connectivity index (χ4n) is 2.59. The summed E-state index contributed by atoms with van der Waals surface area (Å²) >= 11 is 12.0. The minimum Gasteiger partial charge on any atom is -0.379 e. The van der Waals surface area contributed by atoms with E-state index in [1.165, 1.54) is 5.56 Å². The highest BCUT2D eigenvalue weighted by molar-refractivity contribution is 6.44. The number of morpholine rings is 1. The molecule has 0 spiro atoms. The van der Waals surface area contributed by atoms with Crippen LogP contribution in [0.4, 0.5) is 5.69 Å². The summed E-state index contributed by atoms with van der Waals surface area (Å²) in [6, 6.07) is 12.8. The lowest BCUT2D eigenvalue weighted by molar-refractivity contribution is 0.0342. The molecule has 1 aliphatic rings. The fraction of sp³-hybridized carbons (Fsp3) is 0.278. The predicted octanol–water partition coefficient (Wildman–Crippen LogP) is 4.08. The second-order valence-electron chi connectivity index (χ2n) is 5.64. The molecule has 0 bridgehead atoms. The molecule has 126 valence electrons. The van der Waals surface area contributed by atoms with E-state index < -0.39 is 0 Å². The summed E-state index contributed by atoms with van der Waals surface area (Å²) in [6.45, 7) is 4.36. The highest BCUT2D eigenvalue weighted by Gasteiger charge is 2.13. The van der Waals surface area contributed by atoms with E-state index >= 15 is 0 Å². The monoisotopic (exact) mass is 364 g/mol. The molecule has 1 aliphatic heterocycles. The molecule has 0 unspecified atom stereocenters. The zero-order valence-corrected chi connectivity index (χ0v) is 14.6. The van der Waals surface area contributed by atoms with Crippen molar-refractivity contribution in [2.24, 2.45) is 0 Å². The van der Waals surface area contributed by atoms with Crippen LogP contribution in [0.25, 0.3) is 0 Å². The molecular weight excluding hydrogens is 347 g/mol. The number of benzene rings is 2. The number of rotatable bonds is 4. The van der Waals surface area contributed by atoms with E-state index in [2.05, 4.69) is 10.2 Å². The minimum atomic E-state index is -0.275. The van der Waals surface area contributed by atoms with Gasteiger partial charge in [0.1, 0.15) is 0 Å². The molecule has 1 saturated heterocycles. The van der Waals surface area contributed by atoms with Crippen LogP contribution in [0.2, 0.25) is 10.0 Å². The van der Waals surface area contributed by atoms with Crippen molar-refractivity contribution in [3.63, 3.8) is 0 Å². The van der Waals surface area contributed by atoms with E-state index in [4.69, 9.17) is 27.9 Å². The van der Waals surface area contributed by atoms with Gasteiger partial charge in [0.25, 0.3) is 5.91 Å². The van der Waals surface area contributed by atoms with Gasteiger partial charge in [-0.3, -0.25) is 9.69 Å². The number of hydrogen-bond donors (Lipinski definition) is 1. The number of amides is 1. The number of carbonyl (C=O) groups excluding carboxylic acids is 1. The number of anilines is 1.